The molecule has 1 heterocycles. The van der Waals surface area contributed by atoms with Crippen LogP contribution < -0.4 is 0 Å². The molecule has 3 heteroatoms. The molecule has 0 spiro atoms. The standard InChI is InChI=1S/C14H16ClNO/c1-9-10(2)16-14-11(7-8-17-3)5-4-6-12(14)13(9)15/h4-6H,7-8H2,1-3H3. The minimum atomic E-state index is 0.700. The van der Waals surface area contributed by atoms with Crippen molar-refractivity contribution in [2.75, 3.05) is 13.7 Å². The number of nitrogens with zero attached hydrogens (tertiary/aromatic N) is 1. The van der Waals surface area contributed by atoms with Crippen LogP contribution in [0, 0.1) is 13.8 Å². The van der Waals surface area contributed by atoms with E-state index < -0.39 is 0 Å². The summed E-state index contributed by atoms with van der Waals surface area (Å²) in [5.41, 5.74) is 4.24. The normalized spacial score (nSPS) is 11.1. The lowest BCUT2D eigenvalue weighted by Gasteiger charge is -2.10. The predicted octanol–water partition coefficient (Wildman–Crippen LogP) is 3.69. The molecule has 0 bridgehead atoms. The van der Waals surface area contributed by atoms with Crippen LogP contribution in [0.4, 0.5) is 0 Å². The van der Waals surface area contributed by atoms with Gasteiger partial charge in [-0.3, -0.25) is 4.98 Å². The van der Waals surface area contributed by atoms with Gasteiger partial charge < -0.3 is 4.74 Å². The zero-order valence-electron chi connectivity index (χ0n) is 10.4. The Morgan fingerprint density at radius 2 is 2.06 bits per heavy atom. The number of benzene rings is 1. The maximum absolute atomic E-state index is 6.37. The zero-order valence-corrected chi connectivity index (χ0v) is 11.1. The lowest BCUT2D eigenvalue weighted by atomic mass is 10.0. The number of aromatic nitrogens is 1. The van der Waals surface area contributed by atoms with E-state index in [0.717, 1.165) is 33.6 Å². The number of fused-ring (bicyclic) bond motifs is 1. The molecule has 2 nitrogen and oxygen atoms in total. The highest BCUT2D eigenvalue weighted by atomic mass is 35.5. The fraction of sp³-hybridized carbons (Fsp3) is 0.357. The highest BCUT2D eigenvalue weighted by molar-refractivity contribution is 6.36. The van der Waals surface area contributed by atoms with Crippen LogP contribution in [0.5, 0.6) is 0 Å². The first kappa shape index (κ1) is 12.3. The van der Waals surface area contributed by atoms with E-state index in [2.05, 4.69) is 11.1 Å². The molecule has 1 aromatic heterocycles. The van der Waals surface area contributed by atoms with Gasteiger partial charge in [0.05, 0.1) is 17.1 Å². The van der Waals surface area contributed by atoms with Crippen molar-refractivity contribution in [1.29, 1.82) is 0 Å². The van der Waals surface area contributed by atoms with Crippen LogP contribution >= 0.6 is 11.6 Å². The minimum absolute atomic E-state index is 0.700. The molecule has 1 aromatic carbocycles. The first-order valence-corrected chi connectivity index (χ1v) is 6.06. The van der Waals surface area contributed by atoms with Crippen molar-refractivity contribution in [1.82, 2.24) is 4.98 Å². The quantitative estimate of drug-likeness (QED) is 0.828. The molecule has 0 unspecified atom stereocenters. The molecule has 90 valence electrons. The highest BCUT2D eigenvalue weighted by Crippen LogP contribution is 2.29. The van der Waals surface area contributed by atoms with Crippen LogP contribution in [-0.2, 0) is 11.2 Å². The van der Waals surface area contributed by atoms with Crippen LogP contribution in [0.15, 0.2) is 18.2 Å². The summed E-state index contributed by atoms with van der Waals surface area (Å²) in [4.78, 5) is 4.65. The van der Waals surface area contributed by atoms with Crippen molar-refractivity contribution in [3.63, 3.8) is 0 Å². The largest absolute Gasteiger partial charge is 0.384 e. The number of halogens is 1. The molecule has 0 amide bonds. The molecule has 0 saturated heterocycles. The number of hydrogen-bond acceptors (Lipinski definition) is 2. The molecular weight excluding hydrogens is 234 g/mol. The van der Waals surface area contributed by atoms with Crippen molar-refractivity contribution >= 4 is 22.5 Å². The first-order valence-electron chi connectivity index (χ1n) is 5.68. The van der Waals surface area contributed by atoms with E-state index in [4.69, 9.17) is 16.3 Å². The summed E-state index contributed by atoms with van der Waals surface area (Å²) in [7, 11) is 1.71. The molecule has 17 heavy (non-hydrogen) atoms. The summed E-state index contributed by atoms with van der Waals surface area (Å²) in [6.07, 6.45) is 0.861. The van der Waals surface area contributed by atoms with Gasteiger partial charge in [0.2, 0.25) is 0 Å². The monoisotopic (exact) mass is 249 g/mol. The molecule has 0 N–H and O–H groups in total. The summed E-state index contributed by atoms with van der Waals surface area (Å²) >= 11 is 6.37. The van der Waals surface area contributed by atoms with Crippen LogP contribution in [0.1, 0.15) is 16.8 Å². The minimum Gasteiger partial charge on any atom is -0.384 e. The SMILES string of the molecule is COCCc1cccc2c(Cl)c(C)c(C)nc12. The van der Waals surface area contributed by atoms with Crippen LogP contribution in [0.2, 0.25) is 5.02 Å². The van der Waals surface area contributed by atoms with E-state index in [1.54, 1.807) is 7.11 Å². The van der Waals surface area contributed by atoms with Gasteiger partial charge in [-0.25, -0.2) is 0 Å². The molecule has 2 rings (SSSR count). The summed E-state index contributed by atoms with van der Waals surface area (Å²) in [6.45, 7) is 4.70. The summed E-state index contributed by atoms with van der Waals surface area (Å²) < 4.78 is 5.12. The van der Waals surface area contributed by atoms with Crippen LogP contribution in [0.3, 0.4) is 0 Å². The van der Waals surface area contributed by atoms with E-state index in [-0.39, 0.29) is 0 Å². The average Bonchev–Trinajstić information content (AvgIpc) is 2.34. The summed E-state index contributed by atoms with van der Waals surface area (Å²) in [5, 5.41) is 1.84. The van der Waals surface area contributed by atoms with Crippen molar-refractivity contribution in [3.8, 4) is 0 Å². The molecule has 0 fully saturated rings. The van der Waals surface area contributed by atoms with Crippen molar-refractivity contribution < 1.29 is 4.74 Å². The fourth-order valence-corrected chi connectivity index (χ4v) is 2.22. The average molecular weight is 250 g/mol. The second-order valence-electron chi connectivity index (χ2n) is 4.19. The Morgan fingerprint density at radius 1 is 1.29 bits per heavy atom. The number of hydrogen-bond donors (Lipinski definition) is 0. The van der Waals surface area contributed by atoms with E-state index in [1.807, 2.05) is 26.0 Å². The second kappa shape index (κ2) is 5.03. The lowest BCUT2D eigenvalue weighted by Crippen LogP contribution is -1.99. The number of ether oxygens (including phenoxy) is 1. The molecule has 0 atom stereocenters. The Bertz CT molecular complexity index is 551. The maximum Gasteiger partial charge on any atom is 0.0753 e. The predicted molar refractivity (Wildman–Crippen MR) is 71.8 cm³/mol. The van der Waals surface area contributed by atoms with Gasteiger partial charge >= 0.3 is 0 Å². The number of rotatable bonds is 3. The number of para-hydroxylation sites is 1. The smallest absolute Gasteiger partial charge is 0.0753 e. The fourth-order valence-electron chi connectivity index (χ4n) is 1.93. The van der Waals surface area contributed by atoms with Gasteiger partial charge in [0.25, 0.3) is 0 Å². The van der Waals surface area contributed by atoms with E-state index in [0.29, 0.717) is 6.61 Å². The van der Waals surface area contributed by atoms with E-state index in [9.17, 15) is 0 Å². The zero-order chi connectivity index (χ0) is 12.4. The molecule has 0 radical (unpaired) electrons. The van der Waals surface area contributed by atoms with Gasteiger partial charge in [-0.15, -0.1) is 0 Å². The topological polar surface area (TPSA) is 22.1 Å². The molecule has 2 aromatic rings. The second-order valence-corrected chi connectivity index (χ2v) is 4.57. The molecular formula is C14H16ClNO. The number of aryl methyl sites for hydroxylation is 1. The first-order chi connectivity index (χ1) is 8.15. The van der Waals surface area contributed by atoms with Crippen LogP contribution in [-0.4, -0.2) is 18.7 Å². The van der Waals surface area contributed by atoms with Gasteiger partial charge in [-0.05, 0) is 31.4 Å². The van der Waals surface area contributed by atoms with Crippen molar-refractivity contribution in [3.05, 3.63) is 40.0 Å². The molecule has 0 aliphatic heterocycles. The lowest BCUT2D eigenvalue weighted by molar-refractivity contribution is 0.202. The molecule has 0 aliphatic carbocycles. The molecule has 0 saturated carbocycles. The van der Waals surface area contributed by atoms with E-state index >= 15 is 0 Å². The summed E-state index contributed by atoms with van der Waals surface area (Å²) in [6, 6.07) is 6.13. The van der Waals surface area contributed by atoms with Gasteiger partial charge in [-0.1, -0.05) is 29.8 Å². The highest BCUT2D eigenvalue weighted by Gasteiger charge is 2.10. The number of methoxy groups -OCH3 is 1. The third kappa shape index (κ3) is 2.28. The van der Waals surface area contributed by atoms with E-state index in [1.165, 1.54) is 5.56 Å². The van der Waals surface area contributed by atoms with Gasteiger partial charge in [0.1, 0.15) is 0 Å². The Hall–Kier alpha value is -1.12. The third-order valence-electron chi connectivity index (χ3n) is 3.08. The maximum atomic E-state index is 6.37. The van der Waals surface area contributed by atoms with Crippen molar-refractivity contribution in [2.24, 2.45) is 0 Å². The van der Waals surface area contributed by atoms with Crippen molar-refractivity contribution in [2.45, 2.75) is 20.3 Å². The van der Waals surface area contributed by atoms with Crippen LogP contribution in [0.25, 0.3) is 10.9 Å². The molecule has 0 aliphatic rings. The summed E-state index contributed by atoms with van der Waals surface area (Å²) in [5.74, 6) is 0. The Kier molecular flexibility index (Phi) is 3.65. The van der Waals surface area contributed by atoms with Gasteiger partial charge in [0, 0.05) is 18.2 Å². The Labute approximate surface area is 107 Å². The Balaban J connectivity index is 2.64. The third-order valence-corrected chi connectivity index (χ3v) is 3.57. The van der Waals surface area contributed by atoms with Gasteiger partial charge in [-0.2, -0.15) is 0 Å². The Morgan fingerprint density at radius 3 is 2.76 bits per heavy atom. The van der Waals surface area contributed by atoms with Gasteiger partial charge in [0.15, 0.2) is 0 Å². The number of pyridine rings is 1.